The zero-order valence-corrected chi connectivity index (χ0v) is 25.0. The van der Waals surface area contributed by atoms with E-state index in [0.29, 0.717) is 42.6 Å². The summed E-state index contributed by atoms with van der Waals surface area (Å²) in [5, 5.41) is 8.53. The van der Waals surface area contributed by atoms with E-state index in [9.17, 15) is 28.6 Å². The van der Waals surface area contributed by atoms with Crippen LogP contribution in [0.2, 0.25) is 0 Å². The van der Waals surface area contributed by atoms with Crippen LogP contribution in [0.1, 0.15) is 31.2 Å². The Hall–Kier alpha value is -1.57. The highest BCUT2D eigenvalue weighted by molar-refractivity contribution is 7.72. The molecule has 0 aliphatic rings. The van der Waals surface area contributed by atoms with Crippen LogP contribution in [0.3, 0.4) is 0 Å². The Balaban J connectivity index is 2.65. The Morgan fingerprint density at radius 1 is 0.925 bits per heavy atom. The SMILES string of the molecule is NCC(=O)N(CC(=O)NCCCC(O)(P(=O)(O)O)P(=O)(O)O)C(=O)CCCc1ccc(N(CCCl)CCCl)cc1. The van der Waals surface area contributed by atoms with Crippen molar-refractivity contribution in [1.29, 1.82) is 0 Å². The smallest absolute Gasteiger partial charge is 0.369 e. The second-order valence-corrected chi connectivity index (χ2v) is 13.5. The number of rotatable bonds is 18. The summed E-state index contributed by atoms with van der Waals surface area (Å²) in [5.41, 5.74) is 7.28. The summed E-state index contributed by atoms with van der Waals surface area (Å²) in [5.74, 6) is -1.34. The molecule has 0 spiro atoms. The van der Waals surface area contributed by atoms with Gasteiger partial charge in [0.2, 0.25) is 17.7 Å². The number of carbonyl (C=O) groups excluding carboxylic acids is 3. The molecule has 1 aromatic rings. The summed E-state index contributed by atoms with van der Waals surface area (Å²) in [6.07, 6.45) is -0.598. The van der Waals surface area contributed by atoms with E-state index in [1.165, 1.54) is 0 Å². The summed E-state index contributed by atoms with van der Waals surface area (Å²) >= 11 is 11.7. The summed E-state index contributed by atoms with van der Waals surface area (Å²) in [6.45, 7) is -0.280. The van der Waals surface area contributed by atoms with Gasteiger partial charge in [0.15, 0.2) is 0 Å². The summed E-state index contributed by atoms with van der Waals surface area (Å²) in [6, 6.07) is 7.66. The Morgan fingerprint density at radius 2 is 1.48 bits per heavy atom. The van der Waals surface area contributed by atoms with E-state index in [0.717, 1.165) is 11.3 Å². The highest BCUT2D eigenvalue weighted by atomic mass is 35.5. The van der Waals surface area contributed by atoms with Crippen molar-refractivity contribution in [3.8, 4) is 0 Å². The fourth-order valence-electron chi connectivity index (χ4n) is 3.67. The van der Waals surface area contributed by atoms with E-state index in [1.54, 1.807) is 0 Å². The molecule has 0 aromatic heterocycles. The number of carbonyl (C=O) groups is 3. The molecule has 18 heteroatoms. The van der Waals surface area contributed by atoms with Gasteiger partial charge in [0.25, 0.3) is 5.08 Å². The second kappa shape index (κ2) is 16.8. The minimum absolute atomic E-state index is 0.0526. The molecule has 0 saturated carbocycles. The maximum absolute atomic E-state index is 12.7. The molecule has 0 saturated heterocycles. The molecule has 8 N–H and O–H groups in total. The summed E-state index contributed by atoms with van der Waals surface area (Å²) in [7, 11) is -11.2. The van der Waals surface area contributed by atoms with E-state index < -0.39 is 63.9 Å². The van der Waals surface area contributed by atoms with E-state index in [1.807, 2.05) is 29.2 Å². The number of nitrogens with zero attached hydrogens (tertiary/aromatic N) is 2. The molecule has 14 nitrogen and oxygen atoms in total. The quantitative estimate of drug-likeness (QED) is 0.0655. The maximum Gasteiger partial charge on any atom is 0.369 e. The molecular formula is C22H36Cl2N4O10P2. The van der Waals surface area contributed by atoms with Crippen LogP contribution in [-0.4, -0.2) is 96.9 Å². The number of hydrogen-bond acceptors (Lipinski definition) is 8. The van der Waals surface area contributed by atoms with E-state index in [2.05, 4.69) is 5.32 Å². The van der Waals surface area contributed by atoms with Gasteiger partial charge in [-0.15, -0.1) is 23.2 Å². The number of imide groups is 1. The normalized spacial score (nSPS) is 12.2. The third-order valence-corrected chi connectivity index (χ3v) is 10.1. The van der Waals surface area contributed by atoms with Crippen LogP contribution in [0, 0.1) is 0 Å². The van der Waals surface area contributed by atoms with Gasteiger partial charge in [-0.3, -0.25) is 28.4 Å². The lowest BCUT2D eigenvalue weighted by atomic mass is 10.1. The number of aryl methyl sites for hydroxylation is 1. The molecule has 0 radical (unpaired) electrons. The van der Waals surface area contributed by atoms with Crippen LogP contribution < -0.4 is 16.0 Å². The van der Waals surface area contributed by atoms with Crippen molar-refractivity contribution in [2.45, 2.75) is 37.2 Å². The second-order valence-electron chi connectivity index (χ2n) is 8.78. The molecule has 1 rings (SSSR count). The summed E-state index contributed by atoms with van der Waals surface area (Å²) in [4.78, 5) is 76.4. The predicted octanol–water partition coefficient (Wildman–Crippen LogP) is 0.505. The third kappa shape index (κ3) is 11.0. The van der Waals surface area contributed by atoms with Crippen molar-refractivity contribution in [1.82, 2.24) is 10.2 Å². The number of nitrogens with one attached hydrogen (secondary N) is 1. The van der Waals surface area contributed by atoms with Crippen LogP contribution in [-0.2, 0) is 29.9 Å². The van der Waals surface area contributed by atoms with Gasteiger partial charge in [0.1, 0.15) is 6.54 Å². The fourth-order valence-corrected chi connectivity index (χ4v) is 6.33. The number of alkyl halides is 2. The minimum Gasteiger partial charge on any atom is -0.369 e. The zero-order chi connectivity index (χ0) is 30.6. The minimum atomic E-state index is -5.62. The lowest BCUT2D eigenvalue weighted by Crippen LogP contribution is -2.46. The average Bonchev–Trinajstić information content (AvgIpc) is 2.88. The average molecular weight is 649 g/mol. The number of halogens is 2. The number of aliphatic hydroxyl groups is 1. The number of hydrogen-bond donors (Lipinski definition) is 7. The predicted molar refractivity (Wildman–Crippen MR) is 150 cm³/mol. The number of anilines is 1. The lowest BCUT2D eigenvalue weighted by Gasteiger charge is -2.29. The molecule has 40 heavy (non-hydrogen) atoms. The van der Waals surface area contributed by atoms with Gasteiger partial charge in [0.05, 0.1) is 6.54 Å². The highest BCUT2D eigenvalue weighted by Gasteiger charge is 2.58. The standard InChI is InChI=1S/C22H36Cl2N4O10P2/c23-10-13-27(14-11-24)18-7-5-17(6-8-18)3-1-4-20(30)28(21(31)15-25)16-19(29)26-12-2-9-22(32,39(33,34)35)40(36,37)38/h5-8,32H,1-4,9-16,25H2,(H,26,29)(H2,33,34,35)(H2,36,37,38). The van der Waals surface area contributed by atoms with Crippen LogP contribution in [0.15, 0.2) is 24.3 Å². The Bertz CT molecular complexity index is 1060. The van der Waals surface area contributed by atoms with Crippen LogP contribution in [0.5, 0.6) is 0 Å². The topological polar surface area (TPSA) is 231 Å². The first-order chi connectivity index (χ1) is 18.6. The van der Waals surface area contributed by atoms with Gasteiger partial charge < -0.3 is 40.6 Å². The Morgan fingerprint density at radius 3 is 1.95 bits per heavy atom. The molecule has 0 unspecified atom stereocenters. The first kappa shape index (κ1) is 36.5. The lowest BCUT2D eigenvalue weighted by molar-refractivity contribution is -0.147. The largest absolute Gasteiger partial charge is 0.369 e. The highest BCUT2D eigenvalue weighted by Crippen LogP contribution is 2.69. The van der Waals surface area contributed by atoms with Crippen molar-refractivity contribution in [2.24, 2.45) is 5.73 Å². The number of nitrogens with two attached hydrogens (primary N) is 1. The van der Waals surface area contributed by atoms with Gasteiger partial charge >= 0.3 is 15.2 Å². The monoisotopic (exact) mass is 648 g/mol. The van der Waals surface area contributed by atoms with Crippen molar-refractivity contribution in [3.63, 3.8) is 0 Å². The molecule has 0 fully saturated rings. The van der Waals surface area contributed by atoms with Gasteiger partial charge in [-0.25, -0.2) is 0 Å². The number of benzene rings is 1. The van der Waals surface area contributed by atoms with Crippen LogP contribution in [0.25, 0.3) is 0 Å². The number of amides is 3. The summed E-state index contributed by atoms with van der Waals surface area (Å²) < 4.78 is 22.8. The Labute approximate surface area is 242 Å². The van der Waals surface area contributed by atoms with Crippen molar-refractivity contribution >= 4 is 61.8 Å². The van der Waals surface area contributed by atoms with Gasteiger partial charge in [-0.05, 0) is 37.0 Å². The zero-order valence-electron chi connectivity index (χ0n) is 21.7. The van der Waals surface area contributed by atoms with E-state index in [4.69, 9.17) is 48.5 Å². The van der Waals surface area contributed by atoms with Gasteiger partial charge in [0, 0.05) is 49.9 Å². The molecular weight excluding hydrogens is 613 g/mol. The molecule has 0 aliphatic carbocycles. The van der Waals surface area contributed by atoms with E-state index in [-0.39, 0.29) is 13.0 Å². The van der Waals surface area contributed by atoms with Crippen molar-refractivity contribution in [3.05, 3.63) is 29.8 Å². The molecule has 0 bridgehead atoms. The van der Waals surface area contributed by atoms with Crippen LogP contribution in [0.4, 0.5) is 5.69 Å². The molecule has 3 amide bonds. The van der Waals surface area contributed by atoms with Gasteiger partial charge in [-0.2, -0.15) is 0 Å². The maximum atomic E-state index is 12.7. The third-order valence-electron chi connectivity index (χ3n) is 5.89. The Kier molecular flexibility index (Phi) is 15.3. The van der Waals surface area contributed by atoms with Crippen molar-refractivity contribution in [2.75, 3.05) is 49.4 Å². The van der Waals surface area contributed by atoms with E-state index >= 15 is 0 Å². The molecule has 0 heterocycles. The van der Waals surface area contributed by atoms with Gasteiger partial charge in [-0.1, -0.05) is 12.1 Å². The van der Waals surface area contributed by atoms with Crippen LogP contribution >= 0.6 is 38.4 Å². The van der Waals surface area contributed by atoms with Crippen molar-refractivity contribution < 1.29 is 48.2 Å². The molecule has 0 aliphatic heterocycles. The molecule has 228 valence electrons. The fraction of sp³-hybridized carbons (Fsp3) is 0.591. The first-order valence-corrected chi connectivity index (χ1v) is 16.5. The first-order valence-electron chi connectivity index (χ1n) is 12.2. The molecule has 0 atom stereocenters. The molecule has 1 aromatic carbocycles.